The van der Waals surface area contributed by atoms with Gasteiger partial charge >= 0.3 is 37.9 Å². The van der Waals surface area contributed by atoms with Crippen molar-refractivity contribution in [2.24, 2.45) is 0 Å². The average Bonchev–Trinajstić information content (AvgIpc) is 2.68. The summed E-state index contributed by atoms with van der Waals surface area (Å²) in [6.07, 6.45) is 0. The molecule has 104 valence electrons. The molecule has 0 amide bonds. The Morgan fingerprint density at radius 1 is 1.05 bits per heavy atom. The van der Waals surface area contributed by atoms with Gasteiger partial charge in [-0.1, -0.05) is 45.7 Å². The average molecular weight is 375 g/mol. The van der Waals surface area contributed by atoms with E-state index in [0.29, 0.717) is 11.8 Å². The molecule has 0 unspecified atom stereocenters. The van der Waals surface area contributed by atoms with E-state index in [-0.39, 0.29) is 0 Å². The fraction of sp³-hybridized carbons (Fsp3) is 0.438. The molecule has 0 fully saturated rings. The second kappa shape index (κ2) is 7.91. The molecule has 0 atom stereocenters. The molecule has 0 bridgehead atoms. The van der Waals surface area contributed by atoms with E-state index in [0.717, 1.165) is 0 Å². The summed E-state index contributed by atoms with van der Waals surface area (Å²) >= 11 is -0.826. The Labute approximate surface area is 135 Å². The van der Waals surface area contributed by atoms with E-state index >= 15 is 0 Å². The first kappa shape index (κ1) is 17.3. The first-order chi connectivity index (χ1) is 8.92. The van der Waals surface area contributed by atoms with Crippen molar-refractivity contribution in [3.05, 3.63) is 41.0 Å². The van der Waals surface area contributed by atoms with Gasteiger partial charge in [0.1, 0.15) is 0 Å². The molecule has 3 heteroatoms. The molecular formula is C16H21Cl2Zr-. The molecule has 0 aromatic heterocycles. The summed E-state index contributed by atoms with van der Waals surface area (Å²) in [6, 6.07) is 9.19. The molecule has 0 saturated heterocycles. The van der Waals surface area contributed by atoms with Crippen LogP contribution < -0.4 is 0 Å². The topological polar surface area (TPSA) is 0 Å². The van der Waals surface area contributed by atoms with Gasteiger partial charge < -0.3 is 0 Å². The Balaban J connectivity index is 0.000000550. The van der Waals surface area contributed by atoms with Crippen LogP contribution >= 0.6 is 17.0 Å². The Morgan fingerprint density at radius 2 is 1.63 bits per heavy atom. The summed E-state index contributed by atoms with van der Waals surface area (Å²) in [4.78, 5) is 0. The van der Waals surface area contributed by atoms with Crippen LogP contribution in [0.5, 0.6) is 0 Å². The fourth-order valence-electron chi connectivity index (χ4n) is 2.62. The summed E-state index contributed by atoms with van der Waals surface area (Å²) in [7, 11) is 9.87. The van der Waals surface area contributed by atoms with Gasteiger partial charge in [-0.25, -0.2) is 0 Å². The third kappa shape index (κ3) is 4.38. The Bertz CT molecular complexity index is 527. The van der Waals surface area contributed by atoms with Crippen LogP contribution in [0.3, 0.4) is 0 Å². The minimum atomic E-state index is -0.826. The molecule has 0 aliphatic carbocycles. The van der Waals surface area contributed by atoms with Gasteiger partial charge in [0.25, 0.3) is 0 Å². The molecule has 2 aromatic carbocycles. The summed E-state index contributed by atoms with van der Waals surface area (Å²) in [6.45, 7) is 11.3. The molecule has 0 nitrogen and oxygen atoms in total. The van der Waals surface area contributed by atoms with E-state index in [1.807, 2.05) is 0 Å². The van der Waals surface area contributed by atoms with Crippen molar-refractivity contribution < 1.29 is 20.8 Å². The van der Waals surface area contributed by atoms with Crippen molar-refractivity contribution in [2.75, 3.05) is 0 Å². The minimum absolute atomic E-state index is 0.600. The number of hydrogen-bond donors (Lipinski definition) is 0. The summed E-state index contributed by atoms with van der Waals surface area (Å²) < 4.78 is 0. The Hall–Kier alpha value is 0.293. The zero-order valence-corrected chi connectivity index (χ0v) is 16.2. The molecule has 0 radical (unpaired) electrons. The van der Waals surface area contributed by atoms with E-state index in [2.05, 4.69) is 58.9 Å². The van der Waals surface area contributed by atoms with E-state index in [1.165, 1.54) is 21.9 Å². The zero-order valence-electron chi connectivity index (χ0n) is 12.2. The van der Waals surface area contributed by atoms with Crippen molar-refractivity contribution in [1.29, 1.82) is 0 Å². The molecule has 0 heterocycles. The molecule has 0 N–H and O–H groups in total. The van der Waals surface area contributed by atoms with E-state index < -0.39 is 20.8 Å². The maximum atomic E-state index is 4.93. The standard InChI is InChI=1S/C16H21.2ClH.Zr/c1-10(2)14-7-6-13-8-12(5)9-15(13)16(14)11(3)4;;;/h6-11H,1-5H3;2*1H;/q-1;;;+2/p-2. The number of rotatable bonds is 2. The van der Waals surface area contributed by atoms with Crippen LogP contribution in [0.25, 0.3) is 10.8 Å². The van der Waals surface area contributed by atoms with Crippen LogP contribution in [0.15, 0.2) is 24.3 Å². The van der Waals surface area contributed by atoms with Crippen molar-refractivity contribution in [2.45, 2.75) is 46.5 Å². The molecule has 2 rings (SSSR count). The molecule has 0 saturated carbocycles. The monoisotopic (exact) mass is 373 g/mol. The number of halogens is 2. The third-order valence-electron chi connectivity index (χ3n) is 3.31. The van der Waals surface area contributed by atoms with Gasteiger partial charge in [-0.3, -0.25) is 0 Å². The molecular weight excluding hydrogens is 354 g/mol. The van der Waals surface area contributed by atoms with Gasteiger partial charge in [-0.15, -0.1) is 34.5 Å². The Kier molecular flexibility index (Phi) is 7.22. The van der Waals surface area contributed by atoms with Crippen LogP contribution in [0.4, 0.5) is 0 Å². The van der Waals surface area contributed by atoms with Crippen LogP contribution in [0.2, 0.25) is 0 Å². The molecule has 0 aliphatic rings. The summed E-state index contributed by atoms with van der Waals surface area (Å²) in [5.74, 6) is 1.21. The molecule has 2 aromatic rings. The van der Waals surface area contributed by atoms with Crippen LogP contribution in [-0.2, 0) is 20.8 Å². The first-order valence-electron chi connectivity index (χ1n) is 6.58. The van der Waals surface area contributed by atoms with Crippen molar-refractivity contribution >= 4 is 27.8 Å². The quantitative estimate of drug-likeness (QED) is 0.526. The maximum absolute atomic E-state index is 4.93. The SMILES string of the molecule is Cc1cc2c(C(C)C)c(C(C)C)ccc2[cH-]1.[Cl][Zr][Cl]. The van der Waals surface area contributed by atoms with Crippen molar-refractivity contribution in [3.63, 3.8) is 0 Å². The van der Waals surface area contributed by atoms with Crippen LogP contribution in [-0.4, -0.2) is 0 Å². The second-order valence-electron chi connectivity index (χ2n) is 5.48. The number of hydrogen-bond acceptors (Lipinski definition) is 0. The van der Waals surface area contributed by atoms with Crippen molar-refractivity contribution in [3.8, 4) is 0 Å². The third-order valence-corrected chi connectivity index (χ3v) is 3.31. The van der Waals surface area contributed by atoms with Gasteiger partial charge in [-0.05, 0) is 11.8 Å². The van der Waals surface area contributed by atoms with Gasteiger partial charge in [0, 0.05) is 0 Å². The van der Waals surface area contributed by atoms with Gasteiger partial charge in [0.15, 0.2) is 0 Å². The van der Waals surface area contributed by atoms with Crippen LogP contribution in [0.1, 0.15) is 56.2 Å². The Morgan fingerprint density at radius 3 is 2.11 bits per heavy atom. The molecule has 19 heavy (non-hydrogen) atoms. The molecule has 0 aliphatic heterocycles. The first-order valence-corrected chi connectivity index (χ1v) is 12.9. The van der Waals surface area contributed by atoms with E-state index in [9.17, 15) is 0 Å². The van der Waals surface area contributed by atoms with Gasteiger partial charge in [-0.2, -0.15) is 6.07 Å². The zero-order chi connectivity index (χ0) is 14.6. The predicted octanol–water partition coefficient (Wildman–Crippen LogP) is 6.49. The second-order valence-corrected chi connectivity index (χ2v) is 9.22. The van der Waals surface area contributed by atoms with Crippen LogP contribution in [0, 0.1) is 6.92 Å². The normalized spacial score (nSPS) is 10.8. The number of benzene rings is 1. The summed E-state index contributed by atoms with van der Waals surface area (Å²) in [5.41, 5.74) is 4.42. The summed E-state index contributed by atoms with van der Waals surface area (Å²) in [5, 5.41) is 2.85. The molecule has 0 spiro atoms. The van der Waals surface area contributed by atoms with Crippen molar-refractivity contribution in [1.82, 2.24) is 0 Å². The fourth-order valence-corrected chi connectivity index (χ4v) is 2.62. The number of fused-ring (bicyclic) bond motifs is 1. The number of aryl methyl sites for hydroxylation is 1. The van der Waals surface area contributed by atoms with Gasteiger partial charge in [0.2, 0.25) is 0 Å². The van der Waals surface area contributed by atoms with Gasteiger partial charge in [0.05, 0.1) is 0 Å². The van der Waals surface area contributed by atoms with E-state index in [1.54, 1.807) is 5.56 Å². The van der Waals surface area contributed by atoms with E-state index in [4.69, 9.17) is 17.0 Å². The predicted molar refractivity (Wildman–Crippen MR) is 84.2 cm³/mol.